The van der Waals surface area contributed by atoms with Crippen LogP contribution < -0.4 is 5.32 Å². The van der Waals surface area contributed by atoms with Crippen LogP contribution in [0.3, 0.4) is 0 Å². The van der Waals surface area contributed by atoms with Crippen molar-refractivity contribution in [2.75, 3.05) is 11.9 Å². The molecule has 0 aromatic carbocycles. The smallest absolute Gasteiger partial charge is 0.342 e. The minimum Gasteiger partial charge on any atom is -0.462 e. The van der Waals surface area contributed by atoms with E-state index in [0.717, 1.165) is 36.1 Å². The molecule has 3 rings (SSSR count). The van der Waals surface area contributed by atoms with Crippen molar-refractivity contribution in [3.63, 3.8) is 0 Å². The Morgan fingerprint density at radius 3 is 2.71 bits per heavy atom. The molecule has 1 N–H and O–H groups in total. The summed E-state index contributed by atoms with van der Waals surface area (Å²) >= 11 is 1.39. The Balaban J connectivity index is 1.74. The molecular formula is C19H23N3O5S. The minimum absolute atomic E-state index is 0.260. The van der Waals surface area contributed by atoms with Crippen LogP contribution in [0.2, 0.25) is 0 Å². The number of hydrogen-bond donors (Lipinski definition) is 1. The summed E-state index contributed by atoms with van der Waals surface area (Å²) in [6.07, 6.45) is 5.60. The number of esters is 2. The van der Waals surface area contributed by atoms with E-state index in [-0.39, 0.29) is 12.2 Å². The van der Waals surface area contributed by atoms with Gasteiger partial charge in [-0.15, -0.1) is 11.3 Å². The predicted molar refractivity (Wildman–Crippen MR) is 104 cm³/mol. The lowest BCUT2D eigenvalue weighted by atomic mass is 9.95. The lowest BCUT2D eigenvalue weighted by molar-refractivity contribution is -0.123. The second-order valence-corrected chi connectivity index (χ2v) is 7.68. The summed E-state index contributed by atoms with van der Waals surface area (Å²) in [6, 6.07) is 0. The monoisotopic (exact) mass is 405 g/mol. The highest BCUT2D eigenvalue weighted by atomic mass is 32.1. The van der Waals surface area contributed by atoms with Gasteiger partial charge in [-0.3, -0.25) is 9.48 Å². The van der Waals surface area contributed by atoms with Crippen molar-refractivity contribution in [3.8, 4) is 0 Å². The highest BCUT2D eigenvalue weighted by Crippen LogP contribution is 2.38. The molecule has 1 unspecified atom stereocenters. The molecule has 0 fully saturated rings. The van der Waals surface area contributed by atoms with Gasteiger partial charge in [0, 0.05) is 18.1 Å². The molecule has 28 heavy (non-hydrogen) atoms. The molecule has 1 atom stereocenters. The number of hydrogen-bond acceptors (Lipinski definition) is 7. The van der Waals surface area contributed by atoms with Crippen LogP contribution in [0.1, 0.15) is 57.8 Å². The number of aromatic nitrogens is 2. The normalized spacial score (nSPS) is 14.1. The summed E-state index contributed by atoms with van der Waals surface area (Å²) in [6.45, 7) is 3.49. The minimum atomic E-state index is -1.03. The lowest BCUT2D eigenvalue weighted by Gasteiger charge is -2.14. The summed E-state index contributed by atoms with van der Waals surface area (Å²) in [7, 11) is 1.68. The van der Waals surface area contributed by atoms with Gasteiger partial charge in [0.2, 0.25) is 0 Å². The number of nitrogens with one attached hydrogen (secondary N) is 1. The van der Waals surface area contributed by atoms with Gasteiger partial charge in [-0.05, 0) is 45.1 Å². The molecular weight excluding hydrogens is 382 g/mol. The number of fused-ring (bicyclic) bond motifs is 1. The molecule has 2 aromatic heterocycles. The molecule has 1 aliphatic rings. The molecule has 0 saturated carbocycles. The van der Waals surface area contributed by atoms with Crippen LogP contribution in [0.4, 0.5) is 5.00 Å². The molecule has 0 radical (unpaired) electrons. The van der Waals surface area contributed by atoms with E-state index in [0.29, 0.717) is 10.6 Å². The molecule has 1 aliphatic carbocycles. The molecule has 0 bridgehead atoms. The summed E-state index contributed by atoms with van der Waals surface area (Å²) in [5.41, 5.74) is 1.66. The van der Waals surface area contributed by atoms with E-state index >= 15 is 0 Å². The number of ether oxygens (including phenoxy) is 2. The maximum Gasteiger partial charge on any atom is 0.342 e. The first-order valence-electron chi connectivity index (χ1n) is 9.22. The van der Waals surface area contributed by atoms with E-state index in [1.165, 1.54) is 35.3 Å². The second kappa shape index (κ2) is 8.55. The Hall–Kier alpha value is -2.68. The maximum absolute atomic E-state index is 12.6. The largest absolute Gasteiger partial charge is 0.462 e. The van der Waals surface area contributed by atoms with Crippen LogP contribution >= 0.6 is 11.3 Å². The van der Waals surface area contributed by atoms with Gasteiger partial charge in [0.05, 0.1) is 23.9 Å². The van der Waals surface area contributed by atoms with E-state index in [4.69, 9.17) is 9.47 Å². The van der Waals surface area contributed by atoms with Crippen molar-refractivity contribution in [1.29, 1.82) is 0 Å². The molecule has 9 heteroatoms. The first-order valence-corrected chi connectivity index (χ1v) is 10.0. The number of rotatable bonds is 6. The fraction of sp³-hybridized carbons (Fsp3) is 0.474. The van der Waals surface area contributed by atoms with Gasteiger partial charge in [0.15, 0.2) is 6.10 Å². The van der Waals surface area contributed by atoms with Crippen molar-refractivity contribution in [3.05, 3.63) is 34.0 Å². The van der Waals surface area contributed by atoms with E-state index in [1.54, 1.807) is 14.0 Å². The molecule has 2 aromatic rings. The lowest BCUT2D eigenvalue weighted by Crippen LogP contribution is -2.30. The highest BCUT2D eigenvalue weighted by molar-refractivity contribution is 7.17. The van der Waals surface area contributed by atoms with E-state index < -0.39 is 23.9 Å². The third-order valence-electron chi connectivity index (χ3n) is 4.48. The average Bonchev–Trinajstić information content (AvgIpc) is 3.25. The average molecular weight is 405 g/mol. The van der Waals surface area contributed by atoms with Crippen molar-refractivity contribution in [1.82, 2.24) is 9.78 Å². The number of amides is 1. The van der Waals surface area contributed by atoms with Gasteiger partial charge >= 0.3 is 11.9 Å². The van der Waals surface area contributed by atoms with Crippen LogP contribution in [0.5, 0.6) is 0 Å². The second-order valence-electron chi connectivity index (χ2n) is 6.57. The van der Waals surface area contributed by atoms with Crippen molar-refractivity contribution >= 4 is 34.2 Å². The van der Waals surface area contributed by atoms with Crippen LogP contribution in [0.15, 0.2) is 12.4 Å². The molecule has 2 heterocycles. The van der Waals surface area contributed by atoms with E-state index in [9.17, 15) is 14.4 Å². The third kappa shape index (κ3) is 4.24. The third-order valence-corrected chi connectivity index (χ3v) is 5.69. The predicted octanol–water partition coefficient (Wildman–Crippen LogP) is 2.72. The first kappa shape index (κ1) is 20.1. The number of anilines is 1. The number of carbonyl (C=O) groups is 3. The summed E-state index contributed by atoms with van der Waals surface area (Å²) in [5.74, 6) is -1.56. The number of carbonyl (C=O) groups excluding carboxylic acids is 3. The van der Waals surface area contributed by atoms with Gasteiger partial charge in [-0.1, -0.05) is 0 Å². The van der Waals surface area contributed by atoms with Crippen LogP contribution in [0, 0.1) is 0 Å². The van der Waals surface area contributed by atoms with Gasteiger partial charge in [0.25, 0.3) is 5.91 Å². The Kier molecular flexibility index (Phi) is 6.13. The Bertz CT molecular complexity index is 902. The molecule has 0 spiro atoms. The molecule has 0 aliphatic heterocycles. The maximum atomic E-state index is 12.6. The van der Waals surface area contributed by atoms with Crippen LogP contribution in [-0.4, -0.2) is 40.3 Å². The summed E-state index contributed by atoms with van der Waals surface area (Å²) in [5, 5.41) is 7.12. The molecule has 0 saturated heterocycles. The van der Waals surface area contributed by atoms with Gasteiger partial charge in [-0.2, -0.15) is 5.10 Å². The number of nitrogens with zero attached hydrogens (tertiary/aromatic N) is 2. The van der Waals surface area contributed by atoms with Crippen molar-refractivity contribution in [2.45, 2.75) is 45.6 Å². The Morgan fingerprint density at radius 1 is 1.29 bits per heavy atom. The molecule has 150 valence electrons. The van der Waals surface area contributed by atoms with Crippen molar-refractivity contribution in [2.24, 2.45) is 7.05 Å². The standard InChI is InChI=1S/C19H23N3O5S/c1-4-26-19(25)15-13-7-5-6-8-14(13)28-17(15)21-16(23)11(2)27-18(24)12-9-20-22(3)10-12/h9-11H,4-8H2,1-3H3,(H,21,23). The Morgan fingerprint density at radius 2 is 2.04 bits per heavy atom. The number of thiophene rings is 1. The zero-order valence-corrected chi connectivity index (χ0v) is 16.9. The van der Waals surface area contributed by atoms with Crippen molar-refractivity contribution < 1.29 is 23.9 Å². The highest BCUT2D eigenvalue weighted by Gasteiger charge is 2.29. The van der Waals surface area contributed by atoms with Crippen LogP contribution in [0.25, 0.3) is 0 Å². The van der Waals surface area contributed by atoms with Gasteiger partial charge in [0.1, 0.15) is 5.00 Å². The molecule has 1 amide bonds. The van der Waals surface area contributed by atoms with Crippen LogP contribution in [-0.2, 0) is 34.2 Å². The first-order chi connectivity index (χ1) is 13.4. The summed E-state index contributed by atoms with van der Waals surface area (Å²) in [4.78, 5) is 38.2. The topological polar surface area (TPSA) is 99.5 Å². The van der Waals surface area contributed by atoms with Gasteiger partial charge in [-0.25, -0.2) is 9.59 Å². The SMILES string of the molecule is CCOC(=O)c1c(NC(=O)C(C)OC(=O)c2cnn(C)c2)sc2c1CCCC2. The van der Waals surface area contributed by atoms with E-state index in [1.807, 2.05) is 0 Å². The zero-order chi connectivity index (χ0) is 20.3. The Labute approximate surface area is 166 Å². The van der Waals surface area contributed by atoms with E-state index in [2.05, 4.69) is 10.4 Å². The fourth-order valence-electron chi connectivity index (χ4n) is 3.10. The zero-order valence-electron chi connectivity index (χ0n) is 16.1. The number of aryl methyl sites for hydroxylation is 2. The quantitative estimate of drug-likeness (QED) is 0.742. The summed E-state index contributed by atoms with van der Waals surface area (Å²) < 4.78 is 11.9. The molecule has 8 nitrogen and oxygen atoms in total. The van der Waals surface area contributed by atoms with Gasteiger partial charge < -0.3 is 14.8 Å². The fourth-order valence-corrected chi connectivity index (χ4v) is 4.38.